The number of hydrogen-bond acceptors (Lipinski definition) is 3. The lowest BCUT2D eigenvalue weighted by atomic mass is 10.1. The molecule has 0 saturated carbocycles. The summed E-state index contributed by atoms with van der Waals surface area (Å²) in [7, 11) is 0. The van der Waals surface area contributed by atoms with Crippen LogP contribution in [0.2, 0.25) is 5.02 Å². The van der Waals surface area contributed by atoms with Gasteiger partial charge in [-0.25, -0.2) is 9.59 Å². The molecule has 0 aliphatic carbocycles. The molecule has 0 amide bonds. The highest BCUT2D eigenvalue weighted by Gasteiger charge is 2.44. The van der Waals surface area contributed by atoms with Gasteiger partial charge in [0.05, 0.1) is 0 Å². The van der Waals surface area contributed by atoms with Crippen molar-refractivity contribution in [2.75, 3.05) is 0 Å². The monoisotopic (exact) mass is 244 g/mol. The Hall–Kier alpha value is -1.75. The summed E-state index contributed by atoms with van der Waals surface area (Å²) in [4.78, 5) is 21.6. The fourth-order valence-electron chi connectivity index (χ4n) is 0.917. The molecule has 0 atom stereocenters. The molecule has 0 aromatic heterocycles. The Balaban J connectivity index is 2.97. The normalized spacial score (nSPS) is 10.9. The first-order valence-corrected chi connectivity index (χ1v) is 4.65. The number of aliphatic carboxylic acids is 2. The number of carbonyl (C=O) groups is 2. The van der Waals surface area contributed by atoms with E-state index in [9.17, 15) is 9.59 Å². The van der Waals surface area contributed by atoms with Crippen LogP contribution < -0.4 is 4.74 Å². The van der Waals surface area contributed by atoms with Gasteiger partial charge in [-0.2, -0.15) is 0 Å². The number of carboxylic acids is 2. The van der Waals surface area contributed by atoms with Gasteiger partial charge in [0.1, 0.15) is 5.75 Å². The molecule has 5 nitrogen and oxygen atoms in total. The molecule has 86 valence electrons. The van der Waals surface area contributed by atoms with E-state index in [1.165, 1.54) is 24.3 Å². The number of rotatable bonds is 4. The summed E-state index contributed by atoms with van der Waals surface area (Å²) in [6, 6.07) is 5.74. The minimum absolute atomic E-state index is 0.122. The number of halogens is 1. The fourth-order valence-corrected chi connectivity index (χ4v) is 1.04. The van der Waals surface area contributed by atoms with Crippen molar-refractivity contribution >= 4 is 23.5 Å². The van der Waals surface area contributed by atoms with Crippen LogP contribution in [0.1, 0.15) is 6.92 Å². The van der Waals surface area contributed by atoms with E-state index in [1.54, 1.807) is 0 Å². The predicted octanol–water partition coefficient (Wildman–Crippen LogP) is 1.65. The molecular weight excluding hydrogens is 236 g/mol. The lowest BCUT2D eigenvalue weighted by molar-refractivity contribution is -0.170. The molecule has 6 heteroatoms. The molecule has 0 heterocycles. The van der Waals surface area contributed by atoms with Gasteiger partial charge in [-0.3, -0.25) is 0 Å². The Labute approximate surface area is 96.2 Å². The van der Waals surface area contributed by atoms with Gasteiger partial charge in [-0.1, -0.05) is 11.6 Å². The summed E-state index contributed by atoms with van der Waals surface area (Å²) in [6.07, 6.45) is 0. The van der Waals surface area contributed by atoms with Crippen molar-refractivity contribution in [2.24, 2.45) is 0 Å². The van der Waals surface area contributed by atoms with Crippen molar-refractivity contribution in [1.82, 2.24) is 0 Å². The second kappa shape index (κ2) is 4.40. The van der Waals surface area contributed by atoms with E-state index in [-0.39, 0.29) is 5.75 Å². The minimum atomic E-state index is -2.31. The molecule has 0 spiro atoms. The molecule has 0 fully saturated rings. The first-order valence-electron chi connectivity index (χ1n) is 4.27. The molecule has 1 aromatic rings. The van der Waals surface area contributed by atoms with E-state index >= 15 is 0 Å². The molecule has 2 N–H and O–H groups in total. The Bertz CT molecular complexity index is 398. The zero-order valence-electron chi connectivity index (χ0n) is 8.31. The zero-order valence-corrected chi connectivity index (χ0v) is 9.06. The van der Waals surface area contributed by atoms with Crippen LogP contribution in [-0.2, 0) is 9.59 Å². The molecule has 0 bridgehead atoms. The second-order valence-electron chi connectivity index (χ2n) is 3.20. The Morgan fingerprint density at radius 1 is 1.19 bits per heavy atom. The quantitative estimate of drug-likeness (QED) is 0.787. The van der Waals surface area contributed by atoms with Crippen molar-refractivity contribution in [1.29, 1.82) is 0 Å². The van der Waals surface area contributed by atoms with Crippen molar-refractivity contribution in [3.63, 3.8) is 0 Å². The number of hydrogen-bond donors (Lipinski definition) is 2. The van der Waals surface area contributed by atoms with Gasteiger partial charge in [0, 0.05) is 5.02 Å². The topological polar surface area (TPSA) is 83.8 Å². The second-order valence-corrected chi connectivity index (χ2v) is 3.64. The van der Waals surface area contributed by atoms with E-state index in [2.05, 4.69) is 0 Å². The maximum Gasteiger partial charge on any atom is 0.359 e. The van der Waals surface area contributed by atoms with Gasteiger partial charge in [0.15, 0.2) is 0 Å². The molecule has 0 radical (unpaired) electrons. The molecule has 0 aliphatic heterocycles. The van der Waals surface area contributed by atoms with E-state index < -0.39 is 17.5 Å². The highest BCUT2D eigenvalue weighted by Crippen LogP contribution is 2.21. The third kappa shape index (κ3) is 2.43. The minimum Gasteiger partial charge on any atom is -0.478 e. The van der Waals surface area contributed by atoms with E-state index in [0.29, 0.717) is 5.02 Å². The van der Waals surface area contributed by atoms with E-state index in [4.69, 9.17) is 26.6 Å². The predicted molar refractivity (Wildman–Crippen MR) is 55.8 cm³/mol. The Morgan fingerprint density at radius 2 is 1.62 bits per heavy atom. The van der Waals surface area contributed by atoms with Gasteiger partial charge in [-0.05, 0) is 31.2 Å². The van der Waals surface area contributed by atoms with E-state index in [1.807, 2.05) is 0 Å². The van der Waals surface area contributed by atoms with Gasteiger partial charge in [-0.15, -0.1) is 0 Å². The smallest absolute Gasteiger partial charge is 0.359 e. The summed E-state index contributed by atoms with van der Waals surface area (Å²) in [6.45, 7) is 0.965. The molecule has 0 saturated heterocycles. The van der Waals surface area contributed by atoms with Gasteiger partial charge < -0.3 is 14.9 Å². The van der Waals surface area contributed by atoms with Crippen LogP contribution in [-0.4, -0.2) is 27.8 Å². The van der Waals surface area contributed by atoms with Crippen LogP contribution >= 0.6 is 11.6 Å². The molecule has 1 rings (SSSR count). The summed E-state index contributed by atoms with van der Waals surface area (Å²) in [5.41, 5.74) is -2.31. The van der Waals surface area contributed by atoms with Crippen molar-refractivity contribution in [3.05, 3.63) is 29.3 Å². The zero-order chi connectivity index (χ0) is 12.3. The molecular formula is C10H9ClO5. The van der Waals surface area contributed by atoms with Crippen molar-refractivity contribution in [3.8, 4) is 5.75 Å². The van der Waals surface area contributed by atoms with Gasteiger partial charge >= 0.3 is 11.9 Å². The first kappa shape index (κ1) is 12.3. The van der Waals surface area contributed by atoms with Crippen molar-refractivity contribution in [2.45, 2.75) is 12.5 Å². The SMILES string of the molecule is CC(Oc1ccc(Cl)cc1)(C(=O)O)C(=O)O. The molecule has 0 unspecified atom stereocenters. The lowest BCUT2D eigenvalue weighted by Crippen LogP contribution is -2.49. The van der Waals surface area contributed by atoms with Gasteiger partial charge in [0.2, 0.25) is 0 Å². The summed E-state index contributed by atoms with van der Waals surface area (Å²) in [5.74, 6) is -3.03. The number of benzene rings is 1. The van der Waals surface area contributed by atoms with Crippen molar-refractivity contribution < 1.29 is 24.5 Å². The van der Waals surface area contributed by atoms with E-state index in [0.717, 1.165) is 6.92 Å². The summed E-state index contributed by atoms with van der Waals surface area (Å²) < 4.78 is 4.92. The standard InChI is InChI=1S/C10H9ClO5/c1-10(8(12)13,9(14)15)16-7-4-2-6(11)3-5-7/h2-5H,1H3,(H,12,13)(H,14,15). The van der Waals surface area contributed by atoms with Crippen LogP contribution in [0.25, 0.3) is 0 Å². The first-order chi connectivity index (χ1) is 7.36. The Kier molecular flexibility index (Phi) is 3.39. The summed E-state index contributed by atoms with van der Waals surface area (Å²) >= 11 is 5.62. The van der Waals surface area contributed by atoms with Crippen LogP contribution in [0.3, 0.4) is 0 Å². The maximum absolute atomic E-state index is 10.8. The Morgan fingerprint density at radius 3 is 2.00 bits per heavy atom. The molecule has 16 heavy (non-hydrogen) atoms. The average Bonchev–Trinajstić information content (AvgIpc) is 2.20. The third-order valence-electron chi connectivity index (χ3n) is 1.95. The molecule has 1 aromatic carbocycles. The van der Waals surface area contributed by atoms with Crippen LogP contribution in [0.4, 0.5) is 0 Å². The van der Waals surface area contributed by atoms with Gasteiger partial charge in [0.25, 0.3) is 5.60 Å². The summed E-state index contributed by atoms with van der Waals surface area (Å²) in [5, 5.41) is 18.0. The molecule has 0 aliphatic rings. The van der Waals surface area contributed by atoms with Crippen LogP contribution in [0.15, 0.2) is 24.3 Å². The largest absolute Gasteiger partial charge is 0.478 e. The highest BCUT2D eigenvalue weighted by molar-refractivity contribution is 6.30. The average molecular weight is 245 g/mol. The lowest BCUT2D eigenvalue weighted by Gasteiger charge is -2.21. The highest BCUT2D eigenvalue weighted by atomic mass is 35.5. The van der Waals surface area contributed by atoms with Crippen LogP contribution in [0, 0.1) is 0 Å². The number of ether oxygens (including phenoxy) is 1. The fraction of sp³-hybridized carbons (Fsp3) is 0.200. The number of carboxylic acid groups (broad SMARTS) is 2. The van der Waals surface area contributed by atoms with Crippen LogP contribution in [0.5, 0.6) is 5.75 Å². The third-order valence-corrected chi connectivity index (χ3v) is 2.20. The maximum atomic E-state index is 10.8.